The zero-order chi connectivity index (χ0) is 25.7. The smallest absolute Gasteiger partial charge is 0.206 e. The Labute approximate surface area is 208 Å². The van der Waals surface area contributed by atoms with Gasteiger partial charge in [-0.05, 0) is 26.0 Å². The molecule has 0 atom stereocenters. The van der Waals surface area contributed by atoms with Gasteiger partial charge < -0.3 is 37.4 Å². The fourth-order valence-corrected chi connectivity index (χ4v) is 4.20. The van der Waals surface area contributed by atoms with Crippen LogP contribution < -0.4 is 20.3 Å². The average Bonchev–Trinajstić information content (AvgIpc) is 3.51. The van der Waals surface area contributed by atoms with E-state index in [1.165, 1.54) is 44.9 Å². The van der Waals surface area contributed by atoms with Gasteiger partial charge in [0.2, 0.25) is 11.5 Å². The normalized spacial score (nSPS) is 10.9. The highest BCUT2D eigenvalue weighted by Crippen LogP contribution is 2.42. The van der Waals surface area contributed by atoms with E-state index in [4.69, 9.17) is 27.1 Å². The zero-order valence-corrected chi connectivity index (χ0v) is 19.6. The molecule has 0 fully saturated rings. The van der Waals surface area contributed by atoms with Gasteiger partial charge >= 0.3 is 0 Å². The van der Waals surface area contributed by atoms with Crippen LogP contribution in [0, 0.1) is 13.8 Å². The summed E-state index contributed by atoms with van der Waals surface area (Å²) in [6.45, 7) is 3.29. The van der Waals surface area contributed by atoms with Crippen LogP contribution in [0.2, 0.25) is 0 Å². The SMILES string of the molecule is C.COc1c2occc2c(OC)c2c(=O)cc(C)oc12.Cc1cc(=O)c2c(O)c3ccoc3c(O)c2o1. The molecule has 0 unspecified atom stereocenters. The predicted octanol–water partition coefficient (Wildman–Crippen LogP) is 5.76. The van der Waals surface area contributed by atoms with Crippen LogP contribution >= 0.6 is 0 Å². The monoisotopic (exact) mass is 508 g/mol. The number of ether oxygens (including phenoxy) is 2. The Morgan fingerprint density at radius 3 is 1.84 bits per heavy atom. The lowest BCUT2D eigenvalue weighted by Gasteiger charge is -2.10. The molecule has 0 bridgehead atoms. The molecule has 10 heteroatoms. The Morgan fingerprint density at radius 2 is 1.22 bits per heavy atom. The van der Waals surface area contributed by atoms with E-state index in [1.54, 1.807) is 19.9 Å². The van der Waals surface area contributed by atoms with Gasteiger partial charge in [0.1, 0.15) is 33.8 Å². The van der Waals surface area contributed by atoms with Crippen molar-refractivity contribution in [3.63, 3.8) is 0 Å². The third kappa shape index (κ3) is 3.83. The molecule has 0 aliphatic rings. The van der Waals surface area contributed by atoms with Gasteiger partial charge in [-0.25, -0.2) is 0 Å². The first-order chi connectivity index (χ1) is 17.3. The number of hydrogen-bond acceptors (Lipinski definition) is 10. The number of hydrogen-bond donors (Lipinski definition) is 2. The first-order valence-electron chi connectivity index (χ1n) is 10.7. The van der Waals surface area contributed by atoms with Gasteiger partial charge in [0.25, 0.3) is 0 Å². The lowest BCUT2D eigenvalue weighted by atomic mass is 10.1. The second-order valence-corrected chi connectivity index (χ2v) is 7.94. The Bertz CT molecular complexity index is 1900. The highest BCUT2D eigenvalue weighted by molar-refractivity contribution is 6.07. The van der Waals surface area contributed by atoms with Crippen molar-refractivity contribution in [2.75, 3.05) is 14.2 Å². The first kappa shape index (κ1) is 25.2. The first-order valence-corrected chi connectivity index (χ1v) is 10.7. The van der Waals surface area contributed by atoms with E-state index in [1.807, 2.05) is 0 Å². The van der Waals surface area contributed by atoms with Gasteiger partial charge in [0.15, 0.2) is 33.2 Å². The van der Waals surface area contributed by atoms with Crippen molar-refractivity contribution in [2.24, 2.45) is 0 Å². The third-order valence-electron chi connectivity index (χ3n) is 5.69. The van der Waals surface area contributed by atoms with Crippen LogP contribution in [0.5, 0.6) is 23.0 Å². The fraction of sp³-hybridized carbons (Fsp3) is 0.185. The van der Waals surface area contributed by atoms with Crippen LogP contribution in [0.15, 0.2) is 64.0 Å². The molecule has 0 aliphatic heterocycles. The van der Waals surface area contributed by atoms with Crippen LogP contribution in [0.25, 0.3) is 43.9 Å². The van der Waals surface area contributed by atoms with Crippen molar-refractivity contribution in [3.8, 4) is 23.0 Å². The molecular formula is C27H24O10. The van der Waals surface area contributed by atoms with Crippen molar-refractivity contribution in [1.82, 2.24) is 0 Å². The van der Waals surface area contributed by atoms with E-state index in [0.717, 1.165) is 0 Å². The summed E-state index contributed by atoms with van der Waals surface area (Å²) >= 11 is 0. The molecule has 0 amide bonds. The van der Waals surface area contributed by atoms with Gasteiger partial charge in [-0.2, -0.15) is 0 Å². The van der Waals surface area contributed by atoms with Crippen LogP contribution in [-0.4, -0.2) is 24.4 Å². The largest absolute Gasteiger partial charge is 0.506 e. The number of rotatable bonds is 2. The topological polar surface area (TPSA) is 146 Å². The molecule has 0 saturated heterocycles. The molecule has 4 aromatic heterocycles. The van der Waals surface area contributed by atoms with E-state index < -0.39 is 5.43 Å². The Balaban J connectivity index is 0.000000169. The maximum Gasteiger partial charge on any atom is 0.206 e. The van der Waals surface area contributed by atoms with E-state index in [9.17, 15) is 19.8 Å². The number of fused-ring (bicyclic) bond motifs is 4. The lowest BCUT2D eigenvalue weighted by molar-refractivity contribution is 0.398. The highest BCUT2D eigenvalue weighted by Gasteiger charge is 2.22. The molecule has 2 N–H and O–H groups in total. The predicted molar refractivity (Wildman–Crippen MR) is 137 cm³/mol. The summed E-state index contributed by atoms with van der Waals surface area (Å²) in [6, 6.07) is 5.89. The molecule has 0 aliphatic carbocycles. The summed E-state index contributed by atoms with van der Waals surface area (Å²) in [4.78, 5) is 24.0. The Kier molecular flexibility index (Phi) is 6.35. The number of furan rings is 2. The van der Waals surface area contributed by atoms with Gasteiger partial charge in [0.05, 0.1) is 37.5 Å². The van der Waals surface area contributed by atoms with Crippen molar-refractivity contribution in [2.45, 2.75) is 21.3 Å². The van der Waals surface area contributed by atoms with Crippen molar-refractivity contribution in [1.29, 1.82) is 0 Å². The number of aryl methyl sites for hydroxylation is 2. The third-order valence-corrected chi connectivity index (χ3v) is 5.69. The van der Waals surface area contributed by atoms with Gasteiger partial charge in [0, 0.05) is 12.1 Å². The van der Waals surface area contributed by atoms with E-state index >= 15 is 0 Å². The van der Waals surface area contributed by atoms with Gasteiger partial charge in [-0.15, -0.1) is 0 Å². The minimum atomic E-state index is -0.403. The maximum absolute atomic E-state index is 12.2. The molecule has 2 aromatic carbocycles. The van der Waals surface area contributed by atoms with Crippen LogP contribution in [0.3, 0.4) is 0 Å². The minimum Gasteiger partial charge on any atom is -0.506 e. The van der Waals surface area contributed by atoms with Crippen molar-refractivity contribution in [3.05, 3.63) is 68.8 Å². The number of phenolic OH excluding ortho intramolecular Hbond substituents is 2. The molecule has 37 heavy (non-hydrogen) atoms. The molecule has 10 nitrogen and oxygen atoms in total. The highest BCUT2D eigenvalue weighted by atomic mass is 16.5. The number of methoxy groups -OCH3 is 2. The molecule has 0 saturated carbocycles. The van der Waals surface area contributed by atoms with E-state index in [2.05, 4.69) is 0 Å². The second-order valence-electron chi connectivity index (χ2n) is 7.94. The standard InChI is InChI=1S/C14H12O5.C12H8O5.CH4/c1-7-6-9(15)10-11(16-2)8-4-5-18-12(8)14(17-3)13(10)19-7;1-5-4-7(13)8-9(14)6-2-3-16-11(6)10(15)12(8)17-5;/h4-6H,1-3H3;2-4,14-15H,1H3;1H4. The number of phenols is 2. The minimum absolute atomic E-state index is 0. The molecule has 4 heterocycles. The van der Waals surface area contributed by atoms with Crippen LogP contribution in [0.1, 0.15) is 18.9 Å². The van der Waals surface area contributed by atoms with E-state index in [0.29, 0.717) is 45.0 Å². The molecule has 6 rings (SSSR count). The van der Waals surface area contributed by atoms with Crippen LogP contribution in [0.4, 0.5) is 0 Å². The average molecular weight is 508 g/mol. The second kappa shape index (κ2) is 9.30. The summed E-state index contributed by atoms with van der Waals surface area (Å²) < 4.78 is 32.0. The summed E-state index contributed by atoms with van der Waals surface area (Å²) in [6.07, 6.45) is 2.84. The summed E-state index contributed by atoms with van der Waals surface area (Å²) in [5.74, 6) is 1.17. The molecule has 192 valence electrons. The Morgan fingerprint density at radius 1 is 0.676 bits per heavy atom. The Hall–Kier alpha value is -4.86. The maximum atomic E-state index is 12.2. The number of benzene rings is 2. The quantitative estimate of drug-likeness (QED) is 0.277. The fourth-order valence-electron chi connectivity index (χ4n) is 4.20. The van der Waals surface area contributed by atoms with Crippen LogP contribution in [-0.2, 0) is 0 Å². The molecule has 0 spiro atoms. The van der Waals surface area contributed by atoms with Gasteiger partial charge in [-0.3, -0.25) is 9.59 Å². The summed E-state index contributed by atoms with van der Waals surface area (Å²) in [5.41, 5.74) is 0.308. The lowest BCUT2D eigenvalue weighted by Crippen LogP contribution is -2.04. The molecule has 0 radical (unpaired) electrons. The summed E-state index contributed by atoms with van der Waals surface area (Å²) in [5, 5.41) is 21.2. The zero-order valence-electron chi connectivity index (χ0n) is 19.6. The van der Waals surface area contributed by atoms with Gasteiger partial charge in [-0.1, -0.05) is 7.43 Å². The summed E-state index contributed by atoms with van der Waals surface area (Å²) in [7, 11) is 3.01. The van der Waals surface area contributed by atoms with Crippen molar-refractivity contribution >= 4 is 43.9 Å². The number of aromatic hydroxyl groups is 2. The van der Waals surface area contributed by atoms with Crippen molar-refractivity contribution < 1.29 is 37.4 Å². The van der Waals surface area contributed by atoms with E-state index in [-0.39, 0.29) is 46.3 Å². The molecular weight excluding hydrogens is 484 g/mol. The molecule has 6 aromatic rings.